The molecule has 0 spiro atoms. The SMILES string of the molecule is CCC(C)(C)NC1(C(=O)NCC(N)=O)CCCC1. The lowest BCUT2D eigenvalue weighted by molar-refractivity contribution is -0.130. The minimum absolute atomic E-state index is 0.0885. The lowest BCUT2D eigenvalue weighted by atomic mass is 9.90. The third kappa shape index (κ3) is 3.70. The minimum Gasteiger partial charge on any atom is -0.368 e. The van der Waals surface area contributed by atoms with Gasteiger partial charge in [0.05, 0.1) is 12.1 Å². The van der Waals surface area contributed by atoms with E-state index in [9.17, 15) is 9.59 Å². The molecule has 0 radical (unpaired) electrons. The Morgan fingerprint density at radius 3 is 2.28 bits per heavy atom. The van der Waals surface area contributed by atoms with Gasteiger partial charge >= 0.3 is 0 Å². The van der Waals surface area contributed by atoms with E-state index in [2.05, 4.69) is 31.4 Å². The molecule has 0 aromatic carbocycles. The zero-order valence-electron chi connectivity index (χ0n) is 11.6. The molecule has 0 aromatic rings. The Morgan fingerprint density at radius 1 is 1.28 bits per heavy atom. The summed E-state index contributed by atoms with van der Waals surface area (Å²) in [5, 5.41) is 6.11. The molecule has 1 fully saturated rings. The second-order valence-corrected chi connectivity index (χ2v) is 5.80. The van der Waals surface area contributed by atoms with Gasteiger partial charge in [0.2, 0.25) is 11.8 Å². The van der Waals surface area contributed by atoms with Gasteiger partial charge in [-0.3, -0.25) is 14.9 Å². The molecular weight excluding hydrogens is 230 g/mol. The molecule has 18 heavy (non-hydrogen) atoms. The van der Waals surface area contributed by atoms with E-state index in [1.165, 1.54) is 0 Å². The van der Waals surface area contributed by atoms with Crippen LogP contribution in [0.15, 0.2) is 0 Å². The van der Waals surface area contributed by atoms with E-state index in [0.29, 0.717) is 0 Å². The lowest BCUT2D eigenvalue weighted by Gasteiger charge is -2.38. The lowest BCUT2D eigenvalue weighted by Crippen LogP contribution is -2.62. The number of hydrogen-bond donors (Lipinski definition) is 3. The molecular formula is C13H25N3O2. The maximum atomic E-state index is 12.3. The number of nitrogens with one attached hydrogen (secondary N) is 2. The van der Waals surface area contributed by atoms with Crippen LogP contribution >= 0.6 is 0 Å². The van der Waals surface area contributed by atoms with Crippen molar-refractivity contribution in [2.75, 3.05) is 6.54 Å². The van der Waals surface area contributed by atoms with E-state index < -0.39 is 11.4 Å². The molecule has 1 aliphatic carbocycles. The number of carbonyl (C=O) groups is 2. The Hall–Kier alpha value is -1.10. The summed E-state index contributed by atoms with van der Waals surface area (Å²) < 4.78 is 0. The average molecular weight is 255 g/mol. The molecule has 0 unspecified atom stereocenters. The summed E-state index contributed by atoms with van der Waals surface area (Å²) in [4.78, 5) is 23.0. The van der Waals surface area contributed by atoms with Crippen molar-refractivity contribution < 1.29 is 9.59 Å². The van der Waals surface area contributed by atoms with Crippen molar-refractivity contribution in [1.29, 1.82) is 0 Å². The van der Waals surface area contributed by atoms with Crippen molar-refractivity contribution in [2.45, 2.75) is 64.0 Å². The third-order valence-electron chi connectivity index (χ3n) is 3.78. The smallest absolute Gasteiger partial charge is 0.240 e. The first-order chi connectivity index (χ1) is 8.31. The topological polar surface area (TPSA) is 84.2 Å². The van der Waals surface area contributed by atoms with Crippen molar-refractivity contribution in [1.82, 2.24) is 10.6 Å². The van der Waals surface area contributed by atoms with Crippen molar-refractivity contribution in [2.24, 2.45) is 5.73 Å². The van der Waals surface area contributed by atoms with E-state index in [0.717, 1.165) is 32.1 Å². The molecule has 5 heteroatoms. The summed E-state index contributed by atoms with van der Waals surface area (Å²) in [6.07, 6.45) is 4.66. The van der Waals surface area contributed by atoms with Gasteiger partial charge in [-0.2, -0.15) is 0 Å². The van der Waals surface area contributed by atoms with E-state index in [-0.39, 0.29) is 18.0 Å². The summed E-state index contributed by atoms with van der Waals surface area (Å²) in [6, 6.07) is 0. The van der Waals surface area contributed by atoms with Gasteiger partial charge < -0.3 is 11.1 Å². The van der Waals surface area contributed by atoms with Crippen LogP contribution in [0.4, 0.5) is 0 Å². The fourth-order valence-corrected chi connectivity index (χ4v) is 2.46. The van der Waals surface area contributed by atoms with Gasteiger partial charge in [0.1, 0.15) is 0 Å². The van der Waals surface area contributed by atoms with Gasteiger partial charge in [-0.05, 0) is 33.1 Å². The molecule has 1 aliphatic rings. The van der Waals surface area contributed by atoms with E-state index in [4.69, 9.17) is 5.73 Å². The van der Waals surface area contributed by atoms with E-state index >= 15 is 0 Å². The predicted molar refractivity (Wildman–Crippen MR) is 70.9 cm³/mol. The normalized spacial score (nSPS) is 18.6. The van der Waals surface area contributed by atoms with Crippen LogP contribution in [0.5, 0.6) is 0 Å². The Labute approximate surface area is 109 Å². The van der Waals surface area contributed by atoms with Crippen molar-refractivity contribution in [3.8, 4) is 0 Å². The van der Waals surface area contributed by atoms with E-state index in [1.54, 1.807) is 0 Å². The zero-order chi connectivity index (χ0) is 13.8. The molecule has 0 aliphatic heterocycles. The van der Waals surface area contributed by atoms with Gasteiger partial charge in [-0.15, -0.1) is 0 Å². The van der Waals surface area contributed by atoms with Crippen LogP contribution in [0.2, 0.25) is 0 Å². The van der Waals surface area contributed by atoms with Crippen LogP contribution in [0.1, 0.15) is 52.9 Å². The highest BCUT2D eigenvalue weighted by Crippen LogP contribution is 2.32. The molecule has 0 aromatic heterocycles. The van der Waals surface area contributed by atoms with Crippen LogP contribution in [-0.2, 0) is 9.59 Å². The first kappa shape index (κ1) is 15.0. The largest absolute Gasteiger partial charge is 0.368 e. The summed E-state index contributed by atoms with van der Waals surface area (Å²) in [5.41, 5.74) is 4.44. The number of amides is 2. The number of primary amides is 1. The van der Waals surface area contributed by atoms with Crippen LogP contribution < -0.4 is 16.4 Å². The molecule has 1 rings (SSSR count). The predicted octanol–water partition coefficient (Wildman–Crippen LogP) is 0.679. The Balaban J connectivity index is 2.74. The molecule has 0 heterocycles. The van der Waals surface area contributed by atoms with Gasteiger partial charge in [-0.25, -0.2) is 0 Å². The van der Waals surface area contributed by atoms with Crippen LogP contribution in [-0.4, -0.2) is 29.4 Å². The number of hydrogen-bond acceptors (Lipinski definition) is 3. The number of rotatable bonds is 6. The fourth-order valence-electron chi connectivity index (χ4n) is 2.46. The molecule has 104 valence electrons. The monoisotopic (exact) mass is 255 g/mol. The Morgan fingerprint density at radius 2 is 1.83 bits per heavy atom. The van der Waals surface area contributed by atoms with Gasteiger partial charge in [0.25, 0.3) is 0 Å². The maximum Gasteiger partial charge on any atom is 0.240 e. The minimum atomic E-state index is -0.533. The maximum absolute atomic E-state index is 12.3. The Bertz CT molecular complexity index is 320. The average Bonchev–Trinajstić information content (AvgIpc) is 2.75. The summed E-state index contributed by atoms with van der Waals surface area (Å²) in [5.74, 6) is -0.605. The summed E-state index contributed by atoms with van der Waals surface area (Å²) >= 11 is 0. The zero-order valence-corrected chi connectivity index (χ0v) is 11.6. The second-order valence-electron chi connectivity index (χ2n) is 5.80. The fraction of sp³-hybridized carbons (Fsp3) is 0.846. The van der Waals surface area contributed by atoms with Crippen LogP contribution in [0.25, 0.3) is 0 Å². The van der Waals surface area contributed by atoms with Crippen LogP contribution in [0.3, 0.4) is 0 Å². The van der Waals surface area contributed by atoms with Crippen LogP contribution in [0, 0.1) is 0 Å². The summed E-state index contributed by atoms with van der Waals surface area (Å²) in [6.45, 7) is 6.19. The first-order valence-corrected chi connectivity index (χ1v) is 6.67. The standard InChI is InChI=1S/C13H25N3O2/c1-4-12(2,3)16-13(7-5-6-8-13)11(18)15-9-10(14)17/h16H,4-9H2,1-3H3,(H2,14,17)(H,15,18). The highest BCUT2D eigenvalue weighted by Gasteiger charge is 2.43. The second kappa shape index (κ2) is 5.69. The van der Waals surface area contributed by atoms with E-state index in [1.807, 2.05) is 0 Å². The number of nitrogens with two attached hydrogens (primary N) is 1. The molecule has 1 saturated carbocycles. The van der Waals surface area contributed by atoms with Crippen molar-refractivity contribution in [3.63, 3.8) is 0 Å². The highest BCUT2D eigenvalue weighted by atomic mass is 16.2. The highest BCUT2D eigenvalue weighted by molar-refractivity contribution is 5.90. The third-order valence-corrected chi connectivity index (χ3v) is 3.78. The molecule has 5 nitrogen and oxygen atoms in total. The number of carbonyl (C=O) groups excluding carboxylic acids is 2. The quantitative estimate of drug-likeness (QED) is 0.652. The van der Waals surface area contributed by atoms with Gasteiger partial charge in [-0.1, -0.05) is 19.8 Å². The molecule has 0 bridgehead atoms. The Kier molecular flexibility index (Phi) is 4.73. The molecule has 4 N–H and O–H groups in total. The summed E-state index contributed by atoms with van der Waals surface area (Å²) in [7, 11) is 0. The van der Waals surface area contributed by atoms with Gasteiger partial charge in [0, 0.05) is 5.54 Å². The van der Waals surface area contributed by atoms with Gasteiger partial charge in [0.15, 0.2) is 0 Å². The first-order valence-electron chi connectivity index (χ1n) is 6.67. The molecule has 0 saturated heterocycles. The molecule has 2 amide bonds. The van der Waals surface area contributed by atoms with Crippen molar-refractivity contribution >= 4 is 11.8 Å². The molecule has 0 atom stereocenters. The van der Waals surface area contributed by atoms with Crippen molar-refractivity contribution in [3.05, 3.63) is 0 Å².